The lowest BCUT2D eigenvalue weighted by Gasteiger charge is -2.20. The Morgan fingerprint density at radius 2 is 1.77 bits per heavy atom. The topological polar surface area (TPSA) is 24.5 Å². The molecular weight excluding hydrogens is 164 g/mol. The normalized spacial score (nSPS) is 12.5. The van der Waals surface area contributed by atoms with E-state index in [1.54, 1.807) is 0 Å². The Bertz CT molecular complexity index is 119. The van der Waals surface area contributed by atoms with Gasteiger partial charge in [0.25, 0.3) is 0 Å². The summed E-state index contributed by atoms with van der Waals surface area (Å²) in [5.41, 5.74) is 0.199. The van der Waals surface area contributed by atoms with Crippen LogP contribution >= 0.6 is 0 Å². The second-order valence-corrected chi connectivity index (χ2v) is 4.59. The van der Waals surface area contributed by atoms with Crippen molar-refractivity contribution in [2.75, 3.05) is 40.4 Å². The second-order valence-electron chi connectivity index (χ2n) is 4.59. The lowest BCUT2D eigenvalue weighted by atomic mass is 10.1. The predicted octanol–water partition coefficient (Wildman–Crippen LogP) is 0.953. The van der Waals surface area contributed by atoms with Crippen LogP contribution < -0.4 is 5.32 Å². The van der Waals surface area contributed by atoms with Crippen LogP contribution in [0.15, 0.2) is 0 Å². The molecule has 80 valence electrons. The van der Waals surface area contributed by atoms with E-state index in [2.05, 4.69) is 45.1 Å². The smallest absolute Gasteiger partial charge is 0.0593 e. The minimum absolute atomic E-state index is 0.199. The lowest BCUT2D eigenvalue weighted by molar-refractivity contribution is 0.115. The zero-order valence-corrected chi connectivity index (χ0v) is 9.68. The van der Waals surface area contributed by atoms with Crippen LogP contribution in [0.25, 0.3) is 0 Å². The number of hydrogen-bond acceptors (Lipinski definition) is 3. The van der Waals surface area contributed by atoms with Gasteiger partial charge in [-0.25, -0.2) is 0 Å². The van der Waals surface area contributed by atoms with Gasteiger partial charge in [-0.2, -0.15) is 0 Å². The third-order valence-electron chi connectivity index (χ3n) is 1.58. The Hall–Kier alpha value is -0.120. The fourth-order valence-corrected chi connectivity index (χ4v) is 0.847. The van der Waals surface area contributed by atoms with Crippen molar-refractivity contribution in [1.82, 2.24) is 10.2 Å². The minimum Gasteiger partial charge on any atom is -0.379 e. The fourth-order valence-electron chi connectivity index (χ4n) is 0.847. The number of nitrogens with zero attached hydrogens (tertiary/aromatic N) is 1. The second kappa shape index (κ2) is 6.35. The summed E-state index contributed by atoms with van der Waals surface area (Å²) in [7, 11) is 4.10. The first-order valence-electron chi connectivity index (χ1n) is 4.89. The Kier molecular flexibility index (Phi) is 6.29. The van der Waals surface area contributed by atoms with Gasteiger partial charge in [-0.15, -0.1) is 0 Å². The molecule has 0 aliphatic heterocycles. The van der Waals surface area contributed by atoms with Crippen LogP contribution in [0, 0.1) is 0 Å². The number of rotatable bonds is 6. The first kappa shape index (κ1) is 12.9. The molecule has 0 radical (unpaired) electrons. The Labute approximate surface area is 82.4 Å². The summed E-state index contributed by atoms with van der Waals surface area (Å²) in [6.07, 6.45) is 0. The van der Waals surface area contributed by atoms with Crippen molar-refractivity contribution in [3.63, 3.8) is 0 Å². The summed E-state index contributed by atoms with van der Waals surface area (Å²) in [6, 6.07) is 0. The van der Waals surface area contributed by atoms with Gasteiger partial charge in [0, 0.05) is 18.6 Å². The summed E-state index contributed by atoms with van der Waals surface area (Å²) in [4.78, 5) is 2.12. The molecule has 0 spiro atoms. The number of likely N-dealkylation sites (N-methyl/N-ethyl adjacent to an activating group) is 1. The molecule has 0 aromatic heterocycles. The third kappa shape index (κ3) is 11.9. The van der Waals surface area contributed by atoms with E-state index in [1.165, 1.54) is 0 Å². The van der Waals surface area contributed by atoms with E-state index >= 15 is 0 Å². The molecule has 0 amide bonds. The van der Waals surface area contributed by atoms with Crippen molar-refractivity contribution in [3.05, 3.63) is 0 Å². The summed E-state index contributed by atoms with van der Waals surface area (Å²) in [6.45, 7) is 10.0. The van der Waals surface area contributed by atoms with Gasteiger partial charge in [0.2, 0.25) is 0 Å². The Balaban J connectivity index is 3.09. The molecule has 0 atom stereocenters. The maximum atomic E-state index is 5.44. The highest BCUT2D eigenvalue weighted by Gasteiger charge is 2.06. The van der Waals surface area contributed by atoms with Gasteiger partial charge in [-0.1, -0.05) is 0 Å². The molecule has 0 saturated carbocycles. The first-order valence-corrected chi connectivity index (χ1v) is 4.89. The van der Waals surface area contributed by atoms with Gasteiger partial charge in [0.05, 0.1) is 13.2 Å². The average Bonchev–Trinajstić information content (AvgIpc) is 1.93. The molecule has 1 N–H and O–H groups in total. The molecule has 0 aliphatic rings. The largest absolute Gasteiger partial charge is 0.379 e. The molecular formula is C10H24N2O. The maximum Gasteiger partial charge on any atom is 0.0593 e. The first-order chi connectivity index (χ1) is 5.92. The van der Waals surface area contributed by atoms with Crippen LogP contribution in [0.4, 0.5) is 0 Å². The van der Waals surface area contributed by atoms with E-state index in [-0.39, 0.29) is 5.54 Å². The molecule has 0 unspecified atom stereocenters. The SMILES string of the molecule is CN(C)CCOCCNC(C)(C)C. The molecule has 13 heavy (non-hydrogen) atoms. The van der Waals surface area contributed by atoms with Gasteiger partial charge in [0.1, 0.15) is 0 Å². The molecule has 0 saturated heterocycles. The highest BCUT2D eigenvalue weighted by molar-refractivity contribution is 4.69. The molecule has 0 fully saturated rings. The van der Waals surface area contributed by atoms with Crippen LogP contribution in [0.2, 0.25) is 0 Å². The van der Waals surface area contributed by atoms with E-state index in [9.17, 15) is 0 Å². The van der Waals surface area contributed by atoms with Crippen molar-refractivity contribution in [2.24, 2.45) is 0 Å². The Morgan fingerprint density at radius 3 is 2.23 bits per heavy atom. The summed E-state index contributed by atoms with van der Waals surface area (Å²) in [5.74, 6) is 0. The van der Waals surface area contributed by atoms with Gasteiger partial charge in [0.15, 0.2) is 0 Å². The van der Waals surface area contributed by atoms with Crippen molar-refractivity contribution in [3.8, 4) is 0 Å². The van der Waals surface area contributed by atoms with Crippen LogP contribution in [-0.4, -0.2) is 50.8 Å². The lowest BCUT2D eigenvalue weighted by Crippen LogP contribution is -2.38. The van der Waals surface area contributed by atoms with E-state index in [1.807, 2.05) is 0 Å². The number of hydrogen-bond donors (Lipinski definition) is 1. The van der Waals surface area contributed by atoms with Gasteiger partial charge in [-0.3, -0.25) is 0 Å². The highest BCUT2D eigenvalue weighted by Crippen LogP contribution is 1.96. The molecule has 0 aromatic carbocycles. The monoisotopic (exact) mass is 188 g/mol. The molecule has 3 heteroatoms. The van der Waals surface area contributed by atoms with Crippen LogP contribution in [-0.2, 0) is 4.74 Å². The fraction of sp³-hybridized carbons (Fsp3) is 1.00. The summed E-state index contributed by atoms with van der Waals surface area (Å²) < 4.78 is 5.44. The van der Waals surface area contributed by atoms with Crippen LogP contribution in [0.5, 0.6) is 0 Å². The van der Waals surface area contributed by atoms with Gasteiger partial charge in [-0.05, 0) is 34.9 Å². The Morgan fingerprint density at radius 1 is 1.15 bits per heavy atom. The maximum absolute atomic E-state index is 5.44. The molecule has 0 rings (SSSR count). The molecule has 0 heterocycles. The van der Waals surface area contributed by atoms with E-state index in [0.29, 0.717) is 0 Å². The van der Waals surface area contributed by atoms with Gasteiger partial charge < -0.3 is 15.0 Å². The predicted molar refractivity (Wildman–Crippen MR) is 57.1 cm³/mol. The van der Waals surface area contributed by atoms with Crippen molar-refractivity contribution < 1.29 is 4.74 Å². The van der Waals surface area contributed by atoms with Gasteiger partial charge >= 0.3 is 0 Å². The third-order valence-corrected chi connectivity index (χ3v) is 1.58. The van der Waals surface area contributed by atoms with Crippen LogP contribution in [0.3, 0.4) is 0 Å². The van der Waals surface area contributed by atoms with Crippen molar-refractivity contribution >= 4 is 0 Å². The molecule has 0 aliphatic carbocycles. The summed E-state index contributed by atoms with van der Waals surface area (Å²) in [5, 5.41) is 3.37. The standard InChI is InChI=1S/C10H24N2O/c1-10(2,3)11-6-8-13-9-7-12(4)5/h11H,6-9H2,1-5H3. The molecule has 0 aromatic rings. The van der Waals surface area contributed by atoms with Crippen molar-refractivity contribution in [1.29, 1.82) is 0 Å². The quantitative estimate of drug-likeness (QED) is 0.628. The van der Waals surface area contributed by atoms with Crippen molar-refractivity contribution in [2.45, 2.75) is 26.3 Å². The van der Waals surface area contributed by atoms with E-state index < -0.39 is 0 Å². The zero-order chi connectivity index (χ0) is 10.3. The molecule has 0 bridgehead atoms. The van der Waals surface area contributed by atoms with Crippen LogP contribution in [0.1, 0.15) is 20.8 Å². The number of ether oxygens (including phenoxy) is 1. The zero-order valence-electron chi connectivity index (χ0n) is 9.68. The van der Waals surface area contributed by atoms with E-state index in [0.717, 1.165) is 26.3 Å². The number of nitrogens with one attached hydrogen (secondary N) is 1. The summed E-state index contributed by atoms with van der Waals surface area (Å²) >= 11 is 0. The molecule has 3 nitrogen and oxygen atoms in total. The minimum atomic E-state index is 0.199. The average molecular weight is 188 g/mol. The highest BCUT2D eigenvalue weighted by atomic mass is 16.5. The van der Waals surface area contributed by atoms with E-state index in [4.69, 9.17) is 4.74 Å².